The molecule has 3 rings (SSSR count). The molecule has 25 heavy (non-hydrogen) atoms. The van der Waals surface area contributed by atoms with Gasteiger partial charge >= 0.3 is 0 Å². The van der Waals surface area contributed by atoms with Gasteiger partial charge < -0.3 is 14.9 Å². The number of benzene rings is 1. The van der Waals surface area contributed by atoms with Crippen molar-refractivity contribution in [1.82, 2.24) is 9.80 Å². The second-order valence-corrected chi connectivity index (χ2v) is 9.02. The number of hydrogen-bond acceptors (Lipinski definition) is 3. The van der Waals surface area contributed by atoms with Crippen molar-refractivity contribution in [2.75, 3.05) is 39.3 Å². The number of hydrogen-bond donors (Lipinski definition) is 1. The summed E-state index contributed by atoms with van der Waals surface area (Å²) in [6.07, 6.45) is 5.62. The fraction of sp³-hybridized carbons (Fsp3) is 0.727. The monoisotopic (exact) mass is 344 g/mol. The zero-order chi connectivity index (χ0) is 17.7. The maximum Gasteiger partial charge on any atom is 0.0609 e. The summed E-state index contributed by atoms with van der Waals surface area (Å²) in [7, 11) is 0. The topological polar surface area (TPSA) is 26.7 Å². The molecule has 1 atom stereocenters. The molecule has 0 amide bonds. The lowest BCUT2D eigenvalue weighted by atomic mass is 9.86. The van der Waals surface area contributed by atoms with Crippen LogP contribution in [0.15, 0.2) is 30.3 Å². The third-order valence-corrected chi connectivity index (χ3v) is 5.97. The van der Waals surface area contributed by atoms with Crippen molar-refractivity contribution >= 4 is 0 Å². The van der Waals surface area contributed by atoms with E-state index < -0.39 is 0 Å². The maximum absolute atomic E-state index is 10.6. The average Bonchev–Trinajstić information content (AvgIpc) is 3.08. The first-order valence-corrected chi connectivity index (χ1v) is 10.2. The maximum atomic E-state index is 10.6. The van der Waals surface area contributed by atoms with Crippen LogP contribution in [-0.2, 0) is 6.42 Å². The smallest absolute Gasteiger partial charge is 0.0609 e. The van der Waals surface area contributed by atoms with Crippen molar-refractivity contribution in [3.05, 3.63) is 35.9 Å². The summed E-state index contributed by atoms with van der Waals surface area (Å²) in [6, 6.07) is 10.4. The predicted molar refractivity (Wildman–Crippen MR) is 105 cm³/mol. The summed E-state index contributed by atoms with van der Waals surface area (Å²) in [4.78, 5) is 5.26. The van der Waals surface area contributed by atoms with Crippen molar-refractivity contribution in [1.29, 1.82) is 0 Å². The molecule has 3 heteroatoms. The van der Waals surface area contributed by atoms with E-state index in [0.717, 1.165) is 32.4 Å². The standard InChI is InChI=1S/C22H36N2O/c1-22(2,17-23-12-6-7-13-23)18-24-14-10-20(11-15-24)21(25)16-19-8-4-3-5-9-19/h3-5,8-9,20-21,25H,6-7,10-18H2,1-2H3/t21-/m0/s1. The SMILES string of the molecule is CC(C)(CN1CCCC1)CN1CCC([C@@H](O)Cc2ccccc2)CC1. The van der Waals surface area contributed by atoms with E-state index >= 15 is 0 Å². The largest absolute Gasteiger partial charge is 0.392 e. The molecule has 1 aromatic carbocycles. The van der Waals surface area contributed by atoms with Gasteiger partial charge in [0.15, 0.2) is 0 Å². The van der Waals surface area contributed by atoms with Gasteiger partial charge in [-0.05, 0) is 75.2 Å². The van der Waals surface area contributed by atoms with Gasteiger partial charge in [-0.1, -0.05) is 44.2 Å². The molecule has 1 aromatic rings. The number of nitrogens with zero attached hydrogens (tertiary/aromatic N) is 2. The molecule has 0 spiro atoms. The Bertz CT molecular complexity index is 502. The zero-order valence-electron chi connectivity index (χ0n) is 16.2. The van der Waals surface area contributed by atoms with Gasteiger partial charge in [0.1, 0.15) is 0 Å². The van der Waals surface area contributed by atoms with E-state index in [1.807, 2.05) is 6.07 Å². The van der Waals surface area contributed by atoms with Crippen molar-refractivity contribution in [2.45, 2.75) is 52.1 Å². The Morgan fingerprint density at radius 3 is 2.12 bits per heavy atom. The summed E-state index contributed by atoms with van der Waals surface area (Å²) in [5, 5.41) is 10.6. The van der Waals surface area contributed by atoms with Crippen LogP contribution in [0.2, 0.25) is 0 Å². The van der Waals surface area contributed by atoms with E-state index in [0.29, 0.717) is 11.3 Å². The third kappa shape index (κ3) is 5.80. The predicted octanol–water partition coefficient (Wildman–Crippen LogP) is 3.42. The molecule has 2 aliphatic rings. The van der Waals surface area contributed by atoms with Crippen LogP contribution in [0.3, 0.4) is 0 Å². The molecule has 1 N–H and O–H groups in total. The second kappa shape index (κ2) is 8.66. The molecule has 2 aliphatic heterocycles. The second-order valence-electron chi connectivity index (χ2n) is 9.02. The van der Waals surface area contributed by atoms with Crippen LogP contribution in [0.4, 0.5) is 0 Å². The zero-order valence-corrected chi connectivity index (χ0v) is 16.2. The van der Waals surface area contributed by atoms with Crippen LogP contribution >= 0.6 is 0 Å². The molecule has 0 radical (unpaired) electrons. The summed E-state index contributed by atoms with van der Waals surface area (Å²) in [6.45, 7) is 12.1. The van der Waals surface area contributed by atoms with Crippen LogP contribution in [-0.4, -0.2) is 60.3 Å². The van der Waals surface area contributed by atoms with Crippen LogP contribution in [0.1, 0.15) is 45.1 Å². The first-order chi connectivity index (χ1) is 12.0. The molecular formula is C22H36N2O. The molecule has 0 unspecified atom stereocenters. The van der Waals surface area contributed by atoms with E-state index in [-0.39, 0.29) is 6.10 Å². The van der Waals surface area contributed by atoms with Gasteiger partial charge in [0.2, 0.25) is 0 Å². The highest BCUT2D eigenvalue weighted by Gasteiger charge is 2.30. The van der Waals surface area contributed by atoms with Gasteiger partial charge in [-0.15, -0.1) is 0 Å². The lowest BCUT2D eigenvalue weighted by Crippen LogP contribution is -2.45. The fourth-order valence-electron chi connectivity index (χ4n) is 4.72. The Kier molecular flexibility index (Phi) is 6.54. The normalized spacial score (nSPS) is 22.4. The highest BCUT2D eigenvalue weighted by atomic mass is 16.3. The molecule has 2 heterocycles. The molecule has 0 aliphatic carbocycles. The van der Waals surface area contributed by atoms with E-state index in [1.165, 1.54) is 44.6 Å². The molecular weight excluding hydrogens is 308 g/mol. The lowest BCUT2D eigenvalue weighted by molar-refractivity contribution is 0.0434. The van der Waals surface area contributed by atoms with Gasteiger partial charge in [-0.3, -0.25) is 0 Å². The Morgan fingerprint density at radius 1 is 0.960 bits per heavy atom. The van der Waals surface area contributed by atoms with Gasteiger partial charge in [-0.25, -0.2) is 0 Å². The molecule has 0 saturated carbocycles. The molecule has 140 valence electrons. The van der Waals surface area contributed by atoms with Gasteiger partial charge in [0.25, 0.3) is 0 Å². The van der Waals surface area contributed by atoms with Crippen LogP contribution < -0.4 is 0 Å². The van der Waals surface area contributed by atoms with E-state index in [1.54, 1.807) is 0 Å². The summed E-state index contributed by atoms with van der Waals surface area (Å²) in [5.74, 6) is 0.457. The van der Waals surface area contributed by atoms with Gasteiger partial charge in [0.05, 0.1) is 6.10 Å². The van der Waals surface area contributed by atoms with E-state index in [4.69, 9.17) is 0 Å². The molecule has 0 bridgehead atoms. The Labute approximate surface area is 154 Å². The van der Waals surface area contributed by atoms with Crippen molar-refractivity contribution in [3.63, 3.8) is 0 Å². The quantitative estimate of drug-likeness (QED) is 0.821. The number of piperidine rings is 1. The van der Waals surface area contributed by atoms with Gasteiger partial charge in [0, 0.05) is 13.1 Å². The highest BCUT2D eigenvalue weighted by molar-refractivity contribution is 5.15. The minimum absolute atomic E-state index is 0.192. The summed E-state index contributed by atoms with van der Waals surface area (Å²) >= 11 is 0. The minimum Gasteiger partial charge on any atom is -0.392 e. The summed E-state index contributed by atoms with van der Waals surface area (Å²) < 4.78 is 0. The Morgan fingerprint density at radius 2 is 1.52 bits per heavy atom. The first-order valence-electron chi connectivity index (χ1n) is 10.2. The third-order valence-electron chi connectivity index (χ3n) is 5.97. The molecule has 0 aromatic heterocycles. The molecule has 2 saturated heterocycles. The highest BCUT2D eigenvalue weighted by Crippen LogP contribution is 2.27. The molecule has 3 nitrogen and oxygen atoms in total. The van der Waals surface area contributed by atoms with E-state index in [2.05, 4.69) is 47.9 Å². The lowest BCUT2D eigenvalue weighted by Gasteiger charge is -2.40. The van der Waals surface area contributed by atoms with Crippen LogP contribution in [0, 0.1) is 11.3 Å². The Hall–Kier alpha value is -0.900. The van der Waals surface area contributed by atoms with Crippen LogP contribution in [0.5, 0.6) is 0 Å². The van der Waals surface area contributed by atoms with Crippen LogP contribution in [0.25, 0.3) is 0 Å². The minimum atomic E-state index is -0.192. The number of aliphatic hydroxyl groups is 1. The average molecular weight is 345 g/mol. The van der Waals surface area contributed by atoms with Crippen molar-refractivity contribution < 1.29 is 5.11 Å². The van der Waals surface area contributed by atoms with Crippen molar-refractivity contribution in [2.24, 2.45) is 11.3 Å². The van der Waals surface area contributed by atoms with Gasteiger partial charge in [-0.2, -0.15) is 0 Å². The van der Waals surface area contributed by atoms with Crippen molar-refractivity contribution in [3.8, 4) is 0 Å². The van der Waals surface area contributed by atoms with E-state index in [9.17, 15) is 5.11 Å². The Balaban J connectivity index is 1.41. The first kappa shape index (κ1) is 18.9. The number of likely N-dealkylation sites (tertiary alicyclic amines) is 2. The number of rotatable bonds is 7. The number of aliphatic hydroxyl groups excluding tert-OH is 1. The molecule has 2 fully saturated rings. The fourth-order valence-corrected chi connectivity index (χ4v) is 4.72. The summed E-state index contributed by atoms with van der Waals surface area (Å²) in [5.41, 5.74) is 1.61.